The van der Waals surface area contributed by atoms with E-state index < -0.39 is 0 Å². The molecule has 0 saturated carbocycles. The van der Waals surface area contributed by atoms with Crippen LogP contribution in [0.1, 0.15) is 22.3 Å². The fourth-order valence-electron chi connectivity index (χ4n) is 2.28. The Labute approximate surface area is 107 Å². The minimum Gasteiger partial charge on any atom is -0.354 e. The van der Waals surface area contributed by atoms with Crippen LogP contribution < -0.4 is 0 Å². The van der Waals surface area contributed by atoms with Crippen molar-refractivity contribution in [2.45, 2.75) is 19.1 Å². The first-order valence-corrected chi connectivity index (χ1v) is 6.19. The van der Waals surface area contributed by atoms with Gasteiger partial charge in [-0.25, -0.2) is 0 Å². The number of amides is 1. The molecule has 1 aliphatic heterocycles. The number of methoxy groups -OCH3 is 2. The second-order valence-electron chi connectivity index (χ2n) is 4.41. The number of aryl methyl sites for hydroxylation is 1. The summed E-state index contributed by atoms with van der Waals surface area (Å²) in [4.78, 5) is 14.2. The largest absolute Gasteiger partial charge is 0.354 e. The number of rotatable bonds is 4. The lowest BCUT2D eigenvalue weighted by atomic mass is 10.0. The number of hydrogen-bond donors (Lipinski definition) is 0. The van der Waals surface area contributed by atoms with Crippen molar-refractivity contribution in [1.82, 2.24) is 4.90 Å². The van der Waals surface area contributed by atoms with Gasteiger partial charge in [-0.1, -0.05) is 18.2 Å². The Morgan fingerprint density at radius 3 is 2.72 bits per heavy atom. The molecule has 0 unspecified atom stereocenters. The van der Waals surface area contributed by atoms with E-state index in [1.807, 2.05) is 29.2 Å². The monoisotopic (exact) mass is 249 g/mol. The van der Waals surface area contributed by atoms with Crippen molar-refractivity contribution in [2.75, 3.05) is 27.3 Å². The average molecular weight is 249 g/mol. The molecule has 98 valence electrons. The lowest BCUT2D eigenvalue weighted by molar-refractivity contribution is -0.112. The standard InChI is InChI=1S/C14H19NO3/c1-17-13(18-2)10-15-9-5-7-11-6-3-4-8-12(11)14(15)16/h3-4,6,8,13H,5,7,9-10H2,1-2H3. The second kappa shape index (κ2) is 5.98. The van der Waals surface area contributed by atoms with E-state index in [-0.39, 0.29) is 12.2 Å². The van der Waals surface area contributed by atoms with Gasteiger partial charge in [0.25, 0.3) is 5.91 Å². The summed E-state index contributed by atoms with van der Waals surface area (Å²) >= 11 is 0. The number of fused-ring (bicyclic) bond motifs is 1. The highest BCUT2D eigenvalue weighted by Crippen LogP contribution is 2.18. The van der Waals surface area contributed by atoms with Crippen molar-refractivity contribution in [3.8, 4) is 0 Å². The van der Waals surface area contributed by atoms with Crippen LogP contribution in [0.5, 0.6) is 0 Å². The van der Waals surface area contributed by atoms with Crippen molar-refractivity contribution in [2.24, 2.45) is 0 Å². The van der Waals surface area contributed by atoms with Gasteiger partial charge in [-0.05, 0) is 24.5 Å². The van der Waals surface area contributed by atoms with Gasteiger partial charge in [0.05, 0.1) is 6.54 Å². The number of ether oxygens (including phenoxy) is 2. The lowest BCUT2D eigenvalue weighted by Gasteiger charge is -2.25. The number of carbonyl (C=O) groups is 1. The molecule has 1 aromatic carbocycles. The fraction of sp³-hybridized carbons (Fsp3) is 0.500. The second-order valence-corrected chi connectivity index (χ2v) is 4.41. The predicted octanol–water partition coefficient (Wildman–Crippen LogP) is 1.69. The van der Waals surface area contributed by atoms with Crippen molar-refractivity contribution in [1.29, 1.82) is 0 Å². The van der Waals surface area contributed by atoms with Gasteiger partial charge < -0.3 is 14.4 Å². The van der Waals surface area contributed by atoms with Gasteiger partial charge in [0.2, 0.25) is 0 Å². The summed E-state index contributed by atoms with van der Waals surface area (Å²) in [5.41, 5.74) is 1.94. The molecule has 1 aromatic rings. The van der Waals surface area contributed by atoms with Crippen LogP contribution in [-0.2, 0) is 15.9 Å². The van der Waals surface area contributed by atoms with Crippen LogP contribution in [0.4, 0.5) is 0 Å². The van der Waals surface area contributed by atoms with Crippen LogP contribution in [-0.4, -0.2) is 44.4 Å². The first kappa shape index (κ1) is 13.1. The smallest absolute Gasteiger partial charge is 0.254 e. The third-order valence-corrected chi connectivity index (χ3v) is 3.30. The zero-order valence-electron chi connectivity index (χ0n) is 10.9. The lowest BCUT2D eigenvalue weighted by Crippen LogP contribution is -2.39. The number of hydrogen-bond acceptors (Lipinski definition) is 3. The van der Waals surface area contributed by atoms with Gasteiger partial charge >= 0.3 is 0 Å². The van der Waals surface area contributed by atoms with Gasteiger partial charge in [0.15, 0.2) is 6.29 Å². The van der Waals surface area contributed by atoms with Gasteiger partial charge in [-0.3, -0.25) is 4.79 Å². The Hall–Kier alpha value is -1.39. The molecule has 1 heterocycles. The molecule has 18 heavy (non-hydrogen) atoms. The first-order valence-electron chi connectivity index (χ1n) is 6.19. The molecule has 0 aromatic heterocycles. The molecule has 1 amide bonds. The van der Waals surface area contributed by atoms with E-state index in [2.05, 4.69) is 0 Å². The minimum absolute atomic E-state index is 0.0715. The van der Waals surface area contributed by atoms with Crippen molar-refractivity contribution in [3.63, 3.8) is 0 Å². The molecule has 0 bridgehead atoms. The first-order chi connectivity index (χ1) is 8.76. The van der Waals surface area contributed by atoms with E-state index in [0.29, 0.717) is 6.54 Å². The summed E-state index contributed by atoms with van der Waals surface area (Å²) in [5, 5.41) is 0. The van der Waals surface area contributed by atoms with E-state index >= 15 is 0 Å². The summed E-state index contributed by atoms with van der Waals surface area (Å²) in [6, 6.07) is 7.81. The zero-order chi connectivity index (χ0) is 13.0. The van der Waals surface area contributed by atoms with Gasteiger partial charge in [0, 0.05) is 26.3 Å². The molecular formula is C14H19NO3. The van der Waals surface area contributed by atoms with Crippen LogP contribution in [0.3, 0.4) is 0 Å². The molecule has 0 atom stereocenters. The van der Waals surface area contributed by atoms with Crippen molar-refractivity contribution < 1.29 is 14.3 Å². The average Bonchev–Trinajstić information content (AvgIpc) is 2.56. The van der Waals surface area contributed by atoms with Crippen LogP contribution in [0.2, 0.25) is 0 Å². The molecular weight excluding hydrogens is 230 g/mol. The normalized spacial score (nSPS) is 15.7. The Morgan fingerprint density at radius 2 is 2.00 bits per heavy atom. The van der Waals surface area contributed by atoms with Gasteiger partial charge in [0.1, 0.15) is 0 Å². The number of carbonyl (C=O) groups excluding carboxylic acids is 1. The van der Waals surface area contributed by atoms with Crippen molar-refractivity contribution in [3.05, 3.63) is 35.4 Å². The molecule has 0 radical (unpaired) electrons. The third-order valence-electron chi connectivity index (χ3n) is 3.30. The molecule has 0 saturated heterocycles. The molecule has 4 nitrogen and oxygen atoms in total. The van der Waals surface area contributed by atoms with Crippen LogP contribution in [0.15, 0.2) is 24.3 Å². The molecule has 2 rings (SSSR count). The van der Waals surface area contributed by atoms with Crippen molar-refractivity contribution >= 4 is 5.91 Å². The number of nitrogens with zero attached hydrogens (tertiary/aromatic N) is 1. The maximum Gasteiger partial charge on any atom is 0.254 e. The highest BCUT2D eigenvalue weighted by atomic mass is 16.7. The Bertz CT molecular complexity index is 415. The summed E-state index contributed by atoms with van der Waals surface area (Å²) in [5.74, 6) is 0.0715. The van der Waals surface area contributed by atoms with E-state index in [4.69, 9.17) is 9.47 Å². The summed E-state index contributed by atoms with van der Waals surface area (Å²) in [7, 11) is 3.18. The molecule has 0 fully saturated rings. The summed E-state index contributed by atoms with van der Waals surface area (Å²) < 4.78 is 10.3. The zero-order valence-corrected chi connectivity index (χ0v) is 10.9. The number of benzene rings is 1. The quantitative estimate of drug-likeness (QED) is 0.762. The highest BCUT2D eigenvalue weighted by Gasteiger charge is 2.24. The topological polar surface area (TPSA) is 38.8 Å². The third kappa shape index (κ3) is 2.71. The molecule has 4 heteroatoms. The Kier molecular flexibility index (Phi) is 4.33. The van der Waals surface area contributed by atoms with Gasteiger partial charge in [-0.2, -0.15) is 0 Å². The SMILES string of the molecule is COC(CN1CCCc2ccccc2C1=O)OC. The molecule has 1 aliphatic rings. The van der Waals surface area contributed by atoms with E-state index in [9.17, 15) is 4.79 Å². The Balaban J connectivity index is 2.17. The van der Waals surface area contributed by atoms with Crippen LogP contribution >= 0.6 is 0 Å². The molecule has 0 N–H and O–H groups in total. The van der Waals surface area contributed by atoms with E-state index in [0.717, 1.165) is 30.5 Å². The summed E-state index contributed by atoms with van der Waals surface area (Å²) in [6.45, 7) is 1.22. The van der Waals surface area contributed by atoms with Gasteiger partial charge in [-0.15, -0.1) is 0 Å². The molecule has 0 aliphatic carbocycles. The van der Waals surface area contributed by atoms with E-state index in [1.54, 1.807) is 14.2 Å². The summed E-state index contributed by atoms with van der Waals surface area (Å²) in [6.07, 6.45) is 1.56. The molecule has 0 spiro atoms. The highest BCUT2D eigenvalue weighted by molar-refractivity contribution is 5.96. The fourth-order valence-corrected chi connectivity index (χ4v) is 2.28. The van der Waals surface area contributed by atoms with Crippen LogP contribution in [0, 0.1) is 0 Å². The van der Waals surface area contributed by atoms with E-state index in [1.165, 1.54) is 0 Å². The maximum atomic E-state index is 12.4. The Morgan fingerprint density at radius 1 is 1.28 bits per heavy atom. The van der Waals surface area contributed by atoms with Crippen LogP contribution in [0.25, 0.3) is 0 Å². The predicted molar refractivity (Wildman–Crippen MR) is 68.5 cm³/mol. The minimum atomic E-state index is -0.362. The maximum absolute atomic E-state index is 12.4.